The van der Waals surface area contributed by atoms with Gasteiger partial charge < -0.3 is 10.1 Å². The van der Waals surface area contributed by atoms with Gasteiger partial charge in [-0.05, 0) is 18.4 Å². The molecule has 0 saturated carbocycles. The van der Waals surface area contributed by atoms with Gasteiger partial charge >= 0.3 is 5.97 Å². The van der Waals surface area contributed by atoms with Crippen LogP contribution in [0.5, 0.6) is 0 Å². The van der Waals surface area contributed by atoms with Gasteiger partial charge in [0, 0.05) is 6.54 Å². The fourth-order valence-electron chi connectivity index (χ4n) is 1.70. The highest BCUT2D eigenvalue weighted by Gasteiger charge is 2.24. The first kappa shape index (κ1) is 14.2. The number of carbonyl (C=O) groups is 2. The fourth-order valence-corrected chi connectivity index (χ4v) is 1.70. The van der Waals surface area contributed by atoms with Crippen LogP contribution >= 0.6 is 0 Å². The number of rotatable bonds is 6. The third kappa shape index (κ3) is 4.20. The van der Waals surface area contributed by atoms with Crippen LogP contribution in [0.2, 0.25) is 0 Å². The van der Waals surface area contributed by atoms with Gasteiger partial charge in [0.1, 0.15) is 5.92 Å². The van der Waals surface area contributed by atoms with Crippen molar-refractivity contribution < 1.29 is 14.3 Å². The van der Waals surface area contributed by atoms with Gasteiger partial charge in [-0.15, -0.1) is 0 Å². The van der Waals surface area contributed by atoms with Crippen LogP contribution in [-0.4, -0.2) is 25.5 Å². The lowest BCUT2D eigenvalue weighted by molar-refractivity contribution is -0.150. The van der Waals surface area contributed by atoms with Crippen molar-refractivity contribution >= 4 is 11.9 Å². The summed E-state index contributed by atoms with van der Waals surface area (Å²) in [6.45, 7) is 2.31. The summed E-state index contributed by atoms with van der Waals surface area (Å²) in [5.74, 6) is -1.44. The lowest BCUT2D eigenvalue weighted by Gasteiger charge is -2.12. The Morgan fingerprint density at radius 3 is 2.50 bits per heavy atom. The molecule has 0 spiro atoms. The summed E-state index contributed by atoms with van der Waals surface area (Å²) in [4.78, 5) is 23.1. The van der Waals surface area contributed by atoms with E-state index in [1.165, 1.54) is 7.11 Å². The maximum atomic E-state index is 11.8. The molecule has 98 valence electrons. The summed E-state index contributed by atoms with van der Waals surface area (Å²) in [5.41, 5.74) is 1.16. The molecule has 1 unspecified atom stereocenters. The molecule has 0 aliphatic carbocycles. The highest BCUT2D eigenvalue weighted by atomic mass is 16.5. The molecule has 0 bridgehead atoms. The molecule has 0 heterocycles. The topological polar surface area (TPSA) is 55.4 Å². The first-order chi connectivity index (χ1) is 8.69. The maximum Gasteiger partial charge on any atom is 0.318 e. The summed E-state index contributed by atoms with van der Waals surface area (Å²) >= 11 is 0. The quantitative estimate of drug-likeness (QED) is 0.614. The second kappa shape index (κ2) is 7.48. The molecule has 0 aliphatic heterocycles. The Labute approximate surface area is 107 Å². The second-order valence-electron chi connectivity index (χ2n) is 4.01. The van der Waals surface area contributed by atoms with Crippen LogP contribution in [0, 0.1) is 5.92 Å². The Morgan fingerprint density at radius 1 is 1.28 bits per heavy atom. The molecule has 1 aromatic carbocycles. The number of ether oxygens (including phenoxy) is 1. The largest absolute Gasteiger partial charge is 0.468 e. The van der Waals surface area contributed by atoms with Crippen molar-refractivity contribution in [2.75, 3.05) is 13.7 Å². The SMILES string of the molecule is CCC(C(=O)NCCc1ccccc1)C(=O)OC. The molecule has 18 heavy (non-hydrogen) atoms. The third-order valence-corrected chi connectivity index (χ3v) is 2.77. The summed E-state index contributed by atoms with van der Waals surface area (Å²) < 4.78 is 4.59. The first-order valence-corrected chi connectivity index (χ1v) is 6.08. The van der Waals surface area contributed by atoms with Gasteiger partial charge in [0.2, 0.25) is 5.91 Å². The number of hydrogen-bond acceptors (Lipinski definition) is 3. The lowest BCUT2D eigenvalue weighted by atomic mass is 10.1. The summed E-state index contributed by atoms with van der Waals surface area (Å²) in [6.07, 6.45) is 1.20. The molecule has 0 fully saturated rings. The van der Waals surface area contributed by atoms with Crippen molar-refractivity contribution in [1.82, 2.24) is 5.32 Å². The van der Waals surface area contributed by atoms with Crippen LogP contribution in [-0.2, 0) is 20.7 Å². The summed E-state index contributed by atoms with van der Waals surface area (Å²) in [7, 11) is 1.29. The Kier molecular flexibility index (Phi) is 5.91. The van der Waals surface area contributed by atoms with Crippen LogP contribution in [0.1, 0.15) is 18.9 Å². The van der Waals surface area contributed by atoms with E-state index in [1.54, 1.807) is 6.92 Å². The number of carbonyl (C=O) groups excluding carboxylic acids is 2. The summed E-state index contributed by atoms with van der Waals surface area (Å²) in [6, 6.07) is 9.88. The van der Waals surface area contributed by atoms with E-state index in [9.17, 15) is 9.59 Å². The molecule has 1 N–H and O–H groups in total. The van der Waals surface area contributed by atoms with Gasteiger partial charge in [-0.1, -0.05) is 37.3 Å². The molecular weight excluding hydrogens is 230 g/mol. The zero-order valence-corrected chi connectivity index (χ0v) is 10.8. The number of methoxy groups -OCH3 is 1. The zero-order chi connectivity index (χ0) is 13.4. The Bertz CT molecular complexity index is 389. The van der Waals surface area contributed by atoms with Crippen molar-refractivity contribution in [3.05, 3.63) is 35.9 Å². The minimum absolute atomic E-state index is 0.264. The van der Waals surface area contributed by atoms with E-state index >= 15 is 0 Å². The second-order valence-corrected chi connectivity index (χ2v) is 4.01. The average Bonchev–Trinajstić information content (AvgIpc) is 2.40. The monoisotopic (exact) mass is 249 g/mol. The molecule has 1 rings (SSSR count). The molecule has 0 aromatic heterocycles. The van der Waals surface area contributed by atoms with Gasteiger partial charge in [-0.2, -0.15) is 0 Å². The van der Waals surface area contributed by atoms with E-state index in [2.05, 4.69) is 10.1 Å². The Hall–Kier alpha value is -1.84. The van der Waals surface area contributed by atoms with E-state index in [-0.39, 0.29) is 5.91 Å². The fraction of sp³-hybridized carbons (Fsp3) is 0.429. The highest BCUT2D eigenvalue weighted by molar-refractivity contribution is 5.97. The number of amides is 1. The normalized spacial score (nSPS) is 11.7. The van der Waals surface area contributed by atoms with Crippen LogP contribution in [0.3, 0.4) is 0 Å². The predicted octanol–water partition coefficient (Wildman–Crippen LogP) is 1.54. The predicted molar refractivity (Wildman–Crippen MR) is 69.0 cm³/mol. The van der Waals surface area contributed by atoms with E-state index in [0.717, 1.165) is 12.0 Å². The molecular formula is C14H19NO3. The molecule has 4 nitrogen and oxygen atoms in total. The standard InChI is InChI=1S/C14H19NO3/c1-3-12(14(17)18-2)13(16)15-10-9-11-7-5-4-6-8-11/h4-8,12H,3,9-10H2,1-2H3,(H,15,16). The van der Waals surface area contributed by atoms with E-state index < -0.39 is 11.9 Å². The molecule has 0 saturated heterocycles. The van der Waals surface area contributed by atoms with Gasteiger partial charge in [-0.25, -0.2) is 0 Å². The summed E-state index contributed by atoms with van der Waals surface area (Å²) in [5, 5.41) is 2.76. The minimum Gasteiger partial charge on any atom is -0.468 e. The van der Waals surface area contributed by atoms with Crippen LogP contribution in [0.15, 0.2) is 30.3 Å². The van der Waals surface area contributed by atoms with E-state index in [0.29, 0.717) is 13.0 Å². The highest BCUT2D eigenvalue weighted by Crippen LogP contribution is 2.05. The molecule has 1 atom stereocenters. The Morgan fingerprint density at radius 2 is 1.94 bits per heavy atom. The van der Waals surface area contributed by atoms with E-state index in [4.69, 9.17) is 0 Å². The maximum absolute atomic E-state index is 11.8. The third-order valence-electron chi connectivity index (χ3n) is 2.77. The van der Waals surface area contributed by atoms with Crippen molar-refractivity contribution in [3.8, 4) is 0 Å². The number of hydrogen-bond donors (Lipinski definition) is 1. The number of nitrogens with one attached hydrogen (secondary N) is 1. The lowest BCUT2D eigenvalue weighted by Crippen LogP contribution is -2.36. The van der Waals surface area contributed by atoms with Crippen molar-refractivity contribution in [2.24, 2.45) is 5.92 Å². The zero-order valence-electron chi connectivity index (χ0n) is 10.8. The number of esters is 1. The molecule has 1 amide bonds. The van der Waals surface area contributed by atoms with Crippen molar-refractivity contribution in [1.29, 1.82) is 0 Å². The molecule has 0 radical (unpaired) electrons. The molecule has 1 aromatic rings. The van der Waals surface area contributed by atoms with Crippen LogP contribution in [0.25, 0.3) is 0 Å². The van der Waals surface area contributed by atoms with Gasteiger partial charge in [-0.3, -0.25) is 9.59 Å². The van der Waals surface area contributed by atoms with E-state index in [1.807, 2.05) is 30.3 Å². The smallest absolute Gasteiger partial charge is 0.318 e. The first-order valence-electron chi connectivity index (χ1n) is 6.08. The van der Waals surface area contributed by atoms with Gasteiger partial charge in [0.15, 0.2) is 0 Å². The van der Waals surface area contributed by atoms with Crippen LogP contribution in [0.4, 0.5) is 0 Å². The van der Waals surface area contributed by atoms with Gasteiger partial charge in [0.25, 0.3) is 0 Å². The number of benzene rings is 1. The molecule has 0 aliphatic rings. The minimum atomic E-state index is -0.703. The van der Waals surface area contributed by atoms with Crippen molar-refractivity contribution in [2.45, 2.75) is 19.8 Å². The van der Waals surface area contributed by atoms with Gasteiger partial charge in [0.05, 0.1) is 7.11 Å². The molecule has 4 heteroatoms. The van der Waals surface area contributed by atoms with Crippen molar-refractivity contribution in [3.63, 3.8) is 0 Å². The Balaban J connectivity index is 2.38. The van der Waals surface area contributed by atoms with Crippen LogP contribution < -0.4 is 5.32 Å². The average molecular weight is 249 g/mol.